The van der Waals surface area contributed by atoms with E-state index in [9.17, 15) is 30.0 Å². The van der Waals surface area contributed by atoms with Gasteiger partial charge in [-0.3, -0.25) is 0 Å². The molecule has 0 rings (SSSR count). The molecule has 0 saturated carbocycles. The van der Waals surface area contributed by atoms with Crippen LogP contribution >= 0.6 is 0 Å². The second-order valence-corrected chi connectivity index (χ2v) is 4.94. The van der Waals surface area contributed by atoms with Crippen molar-refractivity contribution < 1.29 is 98.9 Å². The Balaban J connectivity index is -0.000000120. The summed E-state index contributed by atoms with van der Waals surface area (Å²) < 4.78 is 0. The normalized spacial score (nSPS) is 18.3. The predicted octanol–water partition coefficient (Wildman–Crippen LogP) is -12.6. The van der Waals surface area contributed by atoms with E-state index in [0.29, 0.717) is 0 Å². The van der Waals surface area contributed by atoms with Crippen molar-refractivity contribution in [3.05, 3.63) is 0 Å². The Kier molecular flexibility index (Phi) is 25.2. The van der Waals surface area contributed by atoms with Crippen LogP contribution in [0.5, 0.6) is 0 Å². The third kappa shape index (κ3) is 13.8. The molecule has 17 heteroatoms. The van der Waals surface area contributed by atoms with Gasteiger partial charge in [-0.1, -0.05) is 12.2 Å². The number of rotatable bonds is 10. The maximum atomic E-state index is 10.5. The fourth-order valence-corrected chi connectivity index (χ4v) is 1.31. The molecule has 0 heterocycles. The molecule has 0 spiro atoms. The first-order valence-electron chi connectivity index (χ1n) is 6.86. The molecule has 12 N–H and O–H groups in total. The van der Waals surface area contributed by atoms with Crippen LogP contribution in [0.2, 0.25) is 0 Å². The Morgan fingerprint density at radius 2 is 0.828 bits per heavy atom. The number of carbonyl (C=O) groups is 2. The van der Waals surface area contributed by atoms with E-state index in [1.165, 1.54) is 0 Å². The van der Waals surface area contributed by atoms with E-state index in [-0.39, 0.29) is 28.0 Å². The molecule has 0 fully saturated rings. The van der Waals surface area contributed by atoms with Crippen LogP contribution in [0.15, 0.2) is 0 Å². The summed E-state index contributed by atoms with van der Waals surface area (Å²) in [6.45, 7) is -1.78. The van der Waals surface area contributed by atoms with Crippen molar-refractivity contribution in [1.29, 1.82) is 0 Å². The maximum Gasteiger partial charge on any atom is 4.00 e. The van der Waals surface area contributed by atoms with Crippen molar-refractivity contribution in [2.45, 2.75) is 48.8 Å². The monoisotopic (exact) mass is 480 g/mol. The van der Waals surface area contributed by atoms with Gasteiger partial charge in [0.05, 0.1) is 25.4 Å². The predicted molar refractivity (Wildman–Crippen MR) is 75.0 cm³/mol. The summed E-state index contributed by atoms with van der Waals surface area (Å²) in [7, 11) is 0. The Bertz CT molecular complexity index is 387. The van der Waals surface area contributed by atoms with Crippen molar-refractivity contribution >= 4 is 11.9 Å². The van der Waals surface area contributed by atoms with Gasteiger partial charge in [0.25, 0.3) is 0 Å². The molecule has 0 aromatic heterocycles. The zero-order chi connectivity index (χ0) is 21.2. The van der Waals surface area contributed by atoms with Crippen molar-refractivity contribution in [2.24, 2.45) is 0 Å². The second kappa shape index (κ2) is 19.0. The van der Waals surface area contributed by atoms with Gasteiger partial charge in [0, 0.05) is 11.9 Å². The van der Waals surface area contributed by atoms with E-state index in [1.54, 1.807) is 0 Å². The SMILES string of the molecule is O.O.O=C([O-])C([O-])C(O)C(O)C(O)CO.O=C([O-])C([O-])C(O)C(O)C(O)CO.[Fe+4]. The van der Waals surface area contributed by atoms with Gasteiger partial charge in [-0.15, -0.1) is 0 Å². The van der Waals surface area contributed by atoms with Gasteiger partial charge in [0.15, 0.2) is 0 Å². The number of hydrogen-bond acceptors (Lipinski definition) is 14. The van der Waals surface area contributed by atoms with Gasteiger partial charge in [0.2, 0.25) is 0 Å². The van der Waals surface area contributed by atoms with Crippen LogP contribution < -0.4 is 20.4 Å². The molecule has 0 bridgehead atoms. The minimum atomic E-state index is -2.56. The van der Waals surface area contributed by atoms with E-state index in [4.69, 9.17) is 40.9 Å². The van der Waals surface area contributed by atoms with Gasteiger partial charge < -0.3 is 81.8 Å². The quantitative estimate of drug-likeness (QED) is 0.135. The van der Waals surface area contributed by atoms with Crippen molar-refractivity contribution in [3.8, 4) is 0 Å². The maximum absolute atomic E-state index is 10.5. The molecule has 0 radical (unpaired) electrons. The van der Waals surface area contributed by atoms with Crippen LogP contribution in [0, 0.1) is 0 Å². The van der Waals surface area contributed by atoms with E-state index in [2.05, 4.69) is 0 Å². The first kappa shape index (κ1) is 38.6. The van der Waals surface area contributed by atoms with Crippen molar-refractivity contribution in [3.63, 3.8) is 0 Å². The molecule has 0 aromatic rings. The zero-order valence-electron chi connectivity index (χ0n) is 14.4. The molecule has 29 heavy (non-hydrogen) atoms. The summed E-state index contributed by atoms with van der Waals surface area (Å²) in [6.07, 6.45) is -17.1. The molecule has 16 nitrogen and oxygen atoms in total. The molecule has 176 valence electrons. The average Bonchev–Trinajstić information content (AvgIpc) is 2.62. The summed E-state index contributed by atoms with van der Waals surface area (Å²) in [5.74, 6) is -4.17. The summed E-state index contributed by atoms with van der Waals surface area (Å²) >= 11 is 0. The first-order valence-corrected chi connectivity index (χ1v) is 6.86. The Morgan fingerprint density at radius 3 is 0.966 bits per heavy atom. The minimum Gasteiger partial charge on any atom is -0.846 e. The van der Waals surface area contributed by atoms with E-state index < -0.39 is 74.0 Å². The average molecular weight is 480 g/mol. The Labute approximate surface area is 173 Å². The first-order chi connectivity index (χ1) is 11.8. The smallest absolute Gasteiger partial charge is 0.846 e. The molecule has 0 aromatic carbocycles. The number of hydrogen-bond donors (Lipinski definition) is 8. The molecule has 8 unspecified atom stereocenters. The molecule has 0 aliphatic rings. The topological polar surface area (TPSA) is 351 Å². The standard InChI is InChI=1S/2C6H11O7.Fe.2H2O/c2*7-1-2(8)3(9)4(10)5(11)6(12)13;;;/h2*2-5,7-10H,1H2,(H,12,13);;2*1H2/q2*-1;+4;;/p-2. The summed E-state index contributed by atoms with van der Waals surface area (Å²) in [5.41, 5.74) is 0. The van der Waals surface area contributed by atoms with Crippen LogP contribution in [0.4, 0.5) is 0 Å². The third-order valence-electron chi connectivity index (χ3n) is 2.95. The van der Waals surface area contributed by atoms with Gasteiger partial charge in [-0.05, 0) is 0 Å². The fourth-order valence-electron chi connectivity index (χ4n) is 1.31. The number of carboxylic acids is 2. The number of aliphatic hydroxyl groups is 8. The van der Waals surface area contributed by atoms with Crippen LogP contribution in [-0.4, -0.2) is 126 Å². The van der Waals surface area contributed by atoms with E-state index in [0.717, 1.165) is 0 Å². The van der Waals surface area contributed by atoms with Crippen LogP contribution in [0.25, 0.3) is 0 Å². The largest absolute Gasteiger partial charge is 4.00 e. The molecule has 8 atom stereocenters. The van der Waals surface area contributed by atoms with Gasteiger partial charge >= 0.3 is 17.1 Å². The van der Waals surface area contributed by atoms with Gasteiger partial charge in [-0.2, -0.15) is 0 Å². The molecular formula is C12H24FeO16. The number of carbonyl (C=O) groups excluding carboxylic acids is 2. The number of aliphatic carboxylic acids is 2. The molecule has 0 saturated heterocycles. The molecule has 0 aliphatic heterocycles. The minimum absolute atomic E-state index is 0. The Hall–Kier alpha value is -1.02. The summed E-state index contributed by atoms with van der Waals surface area (Å²) in [5, 5.41) is 110. The number of aliphatic hydroxyl groups excluding tert-OH is 8. The second-order valence-electron chi connectivity index (χ2n) is 4.94. The van der Waals surface area contributed by atoms with Gasteiger partial charge in [-0.25, -0.2) is 0 Å². The van der Waals surface area contributed by atoms with E-state index in [1.807, 2.05) is 0 Å². The van der Waals surface area contributed by atoms with Crippen LogP contribution in [0.3, 0.4) is 0 Å². The summed E-state index contributed by atoms with van der Waals surface area (Å²) in [6, 6.07) is 0. The molecular weight excluding hydrogens is 456 g/mol. The molecule has 0 amide bonds. The Morgan fingerprint density at radius 1 is 0.621 bits per heavy atom. The zero-order valence-corrected chi connectivity index (χ0v) is 15.5. The van der Waals surface area contributed by atoms with Gasteiger partial charge in [0.1, 0.15) is 24.4 Å². The van der Waals surface area contributed by atoms with Crippen LogP contribution in [-0.2, 0) is 26.7 Å². The van der Waals surface area contributed by atoms with Crippen LogP contribution in [0.1, 0.15) is 0 Å². The van der Waals surface area contributed by atoms with Crippen molar-refractivity contribution in [2.75, 3.05) is 13.2 Å². The molecule has 0 aliphatic carbocycles. The summed E-state index contributed by atoms with van der Waals surface area (Å²) in [4.78, 5) is 19.8. The third-order valence-corrected chi connectivity index (χ3v) is 2.95. The van der Waals surface area contributed by atoms with Crippen molar-refractivity contribution in [1.82, 2.24) is 0 Å². The van der Waals surface area contributed by atoms with E-state index >= 15 is 0 Å². The number of carboxylic acid groups (broad SMARTS) is 2. The fraction of sp³-hybridized carbons (Fsp3) is 0.833.